The van der Waals surface area contributed by atoms with Crippen molar-refractivity contribution in [2.75, 3.05) is 7.11 Å². The Morgan fingerprint density at radius 3 is 2.58 bits per heavy atom. The predicted molar refractivity (Wildman–Crippen MR) is 80.0 cm³/mol. The van der Waals surface area contributed by atoms with Gasteiger partial charge in [0.1, 0.15) is 5.75 Å². The minimum atomic E-state index is -0.0221. The monoisotopic (exact) mass is 276 g/mol. The van der Waals surface area contributed by atoms with Gasteiger partial charge < -0.3 is 10.5 Å². The molecule has 1 aromatic carbocycles. The number of rotatable bonds is 4. The van der Waals surface area contributed by atoms with Gasteiger partial charge in [-0.1, -0.05) is 6.07 Å². The van der Waals surface area contributed by atoms with Crippen LogP contribution in [0.4, 0.5) is 0 Å². The highest BCUT2D eigenvalue weighted by Crippen LogP contribution is 2.27. The maximum atomic E-state index is 6.32. The van der Waals surface area contributed by atoms with Crippen LogP contribution in [0.3, 0.4) is 0 Å². The Morgan fingerprint density at radius 1 is 1.26 bits per heavy atom. The number of aryl methyl sites for hydroxylation is 3. The molecule has 2 aromatic rings. The number of hydrogen-bond acceptors (Lipinski definition) is 4. The molecule has 1 heterocycles. The molecule has 0 aliphatic heterocycles. The van der Waals surface area contributed by atoms with Crippen LogP contribution in [0.1, 0.15) is 33.4 Å². The molecule has 1 atom stereocenters. The zero-order chi connectivity index (χ0) is 14.0. The lowest BCUT2D eigenvalue weighted by atomic mass is 9.96. The van der Waals surface area contributed by atoms with Crippen LogP contribution in [0.25, 0.3) is 0 Å². The van der Waals surface area contributed by atoms with E-state index in [-0.39, 0.29) is 6.04 Å². The maximum absolute atomic E-state index is 6.32. The van der Waals surface area contributed by atoms with Gasteiger partial charge in [0, 0.05) is 17.8 Å². The highest BCUT2D eigenvalue weighted by molar-refractivity contribution is 7.09. The first-order valence-electron chi connectivity index (χ1n) is 6.33. The molecule has 0 aliphatic carbocycles. The van der Waals surface area contributed by atoms with Crippen LogP contribution in [-0.4, -0.2) is 12.1 Å². The average molecular weight is 276 g/mol. The van der Waals surface area contributed by atoms with E-state index in [1.165, 1.54) is 11.1 Å². The van der Waals surface area contributed by atoms with Crippen molar-refractivity contribution in [3.8, 4) is 5.75 Å². The van der Waals surface area contributed by atoms with Crippen LogP contribution < -0.4 is 10.5 Å². The molecule has 0 saturated carbocycles. The molecule has 0 aliphatic rings. The van der Waals surface area contributed by atoms with Crippen molar-refractivity contribution in [2.24, 2.45) is 5.73 Å². The number of hydrogen-bond donors (Lipinski definition) is 1. The zero-order valence-electron chi connectivity index (χ0n) is 11.9. The lowest BCUT2D eigenvalue weighted by Crippen LogP contribution is -2.15. The smallest absolute Gasteiger partial charge is 0.122 e. The molecule has 0 fully saturated rings. The summed E-state index contributed by atoms with van der Waals surface area (Å²) in [6.45, 7) is 6.13. The minimum Gasteiger partial charge on any atom is -0.496 e. The molecule has 0 spiro atoms. The SMILES string of the molecule is COc1cc(C)c(C(N)Cc2csc(C)n2)cc1C. The first kappa shape index (κ1) is 14.0. The first-order valence-corrected chi connectivity index (χ1v) is 7.21. The van der Waals surface area contributed by atoms with Crippen molar-refractivity contribution in [3.63, 3.8) is 0 Å². The van der Waals surface area contributed by atoms with E-state index >= 15 is 0 Å². The van der Waals surface area contributed by atoms with Gasteiger partial charge in [0.25, 0.3) is 0 Å². The standard InChI is InChI=1S/C15H20N2OS/c1-9-6-15(18-4)10(2)5-13(9)14(16)7-12-8-19-11(3)17-12/h5-6,8,14H,7,16H2,1-4H3. The quantitative estimate of drug-likeness (QED) is 0.932. The van der Waals surface area contributed by atoms with Gasteiger partial charge >= 0.3 is 0 Å². The van der Waals surface area contributed by atoms with Gasteiger partial charge in [-0.15, -0.1) is 11.3 Å². The van der Waals surface area contributed by atoms with Crippen molar-refractivity contribution in [3.05, 3.63) is 44.9 Å². The van der Waals surface area contributed by atoms with E-state index in [1.54, 1.807) is 18.4 Å². The second kappa shape index (κ2) is 5.72. The third kappa shape index (κ3) is 3.14. The molecule has 0 amide bonds. The second-order valence-corrected chi connectivity index (χ2v) is 5.91. The zero-order valence-corrected chi connectivity index (χ0v) is 12.7. The lowest BCUT2D eigenvalue weighted by molar-refractivity contribution is 0.411. The molecule has 1 aromatic heterocycles. The summed E-state index contributed by atoms with van der Waals surface area (Å²) < 4.78 is 5.33. The van der Waals surface area contributed by atoms with Gasteiger partial charge in [-0.3, -0.25) is 0 Å². The van der Waals surface area contributed by atoms with E-state index in [0.717, 1.165) is 28.4 Å². The van der Waals surface area contributed by atoms with E-state index in [1.807, 2.05) is 13.8 Å². The molecule has 1 unspecified atom stereocenters. The minimum absolute atomic E-state index is 0.0221. The van der Waals surface area contributed by atoms with E-state index < -0.39 is 0 Å². The Morgan fingerprint density at radius 2 is 2.00 bits per heavy atom. The normalized spacial score (nSPS) is 12.5. The fourth-order valence-electron chi connectivity index (χ4n) is 2.27. The molecule has 0 bridgehead atoms. The van der Waals surface area contributed by atoms with Gasteiger partial charge in [-0.05, 0) is 43.5 Å². The molecule has 2 N–H and O–H groups in total. The number of aromatic nitrogens is 1. The summed E-state index contributed by atoms with van der Waals surface area (Å²) in [6, 6.07) is 4.15. The van der Waals surface area contributed by atoms with Gasteiger partial charge in [0.2, 0.25) is 0 Å². The Hall–Kier alpha value is -1.39. The number of ether oxygens (including phenoxy) is 1. The largest absolute Gasteiger partial charge is 0.496 e. The average Bonchev–Trinajstić information content (AvgIpc) is 2.77. The highest BCUT2D eigenvalue weighted by Gasteiger charge is 2.13. The van der Waals surface area contributed by atoms with Crippen molar-refractivity contribution in [1.29, 1.82) is 0 Å². The summed E-state index contributed by atoms with van der Waals surface area (Å²) in [4.78, 5) is 4.48. The third-order valence-corrected chi connectivity index (χ3v) is 4.10. The predicted octanol–water partition coefficient (Wildman–Crippen LogP) is 3.32. The van der Waals surface area contributed by atoms with Gasteiger partial charge in [-0.25, -0.2) is 4.98 Å². The van der Waals surface area contributed by atoms with Crippen LogP contribution in [0, 0.1) is 20.8 Å². The summed E-state index contributed by atoms with van der Waals surface area (Å²) in [7, 11) is 1.69. The number of nitrogens with two attached hydrogens (primary N) is 1. The molecule has 0 saturated heterocycles. The summed E-state index contributed by atoms with van der Waals surface area (Å²) in [6.07, 6.45) is 0.775. The third-order valence-electron chi connectivity index (χ3n) is 3.28. The molecule has 3 nitrogen and oxygen atoms in total. The highest BCUT2D eigenvalue weighted by atomic mass is 32.1. The molecule has 4 heteroatoms. The Bertz CT molecular complexity index is 578. The first-order chi connectivity index (χ1) is 9.01. The Balaban J connectivity index is 2.23. The van der Waals surface area contributed by atoms with Crippen LogP contribution >= 0.6 is 11.3 Å². The number of nitrogens with zero attached hydrogens (tertiary/aromatic N) is 1. The Labute approximate surface area is 118 Å². The van der Waals surface area contributed by atoms with Crippen LogP contribution in [0.5, 0.6) is 5.75 Å². The molecular formula is C15H20N2OS. The summed E-state index contributed by atoms with van der Waals surface area (Å²) >= 11 is 1.67. The van der Waals surface area contributed by atoms with Gasteiger partial charge in [0.15, 0.2) is 0 Å². The van der Waals surface area contributed by atoms with E-state index in [0.29, 0.717) is 0 Å². The van der Waals surface area contributed by atoms with Gasteiger partial charge in [-0.2, -0.15) is 0 Å². The second-order valence-electron chi connectivity index (χ2n) is 4.85. The van der Waals surface area contributed by atoms with Crippen LogP contribution in [-0.2, 0) is 6.42 Å². The Kier molecular flexibility index (Phi) is 4.22. The number of benzene rings is 1. The van der Waals surface area contributed by atoms with Crippen molar-refractivity contribution >= 4 is 11.3 Å². The number of methoxy groups -OCH3 is 1. The molecule has 2 rings (SSSR count). The molecule has 0 radical (unpaired) electrons. The topological polar surface area (TPSA) is 48.1 Å². The molecule has 102 valence electrons. The van der Waals surface area contributed by atoms with Crippen molar-refractivity contribution in [2.45, 2.75) is 33.2 Å². The summed E-state index contributed by atoms with van der Waals surface area (Å²) in [5.74, 6) is 0.915. The summed E-state index contributed by atoms with van der Waals surface area (Å²) in [5.41, 5.74) is 10.9. The lowest BCUT2D eigenvalue weighted by Gasteiger charge is -2.16. The summed E-state index contributed by atoms with van der Waals surface area (Å²) in [5, 5.41) is 3.17. The van der Waals surface area contributed by atoms with Crippen LogP contribution in [0.15, 0.2) is 17.5 Å². The van der Waals surface area contributed by atoms with Crippen molar-refractivity contribution in [1.82, 2.24) is 4.98 Å². The van der Waals surface area contributed by atoms with E-state index in [2.05, 4.69) is 29.4 Å². The van der Waals surface area contributed by atoms with Crippen molar-refractivity contribution < 1.29 is 4.74 Å². The molecular weight excluding hydrogens is 256 g/mol. The van der Waals surface area contributed by atoms with Gasteiger partial charge in [0.05, 0.1) is 17.8 Å². The number of thiazole rings is 1. The van der Waals surface area contributed by atoms with E-state index in [4.69, 9.17) is 10.5 Å². The molecule has 19 heavy (non-hydrogen) atoms. The van der Waals surface area contributed by atoms with Crippen LogP contribution in [0.2, 0.25) is 0 Å². The fraction of sp³-hybridized carbons (Fsp3) is 0.400. The fourth-order valence-corrected chi connectivity index (χ4v) is 2.89. The van der Waals surface area contributed by atoms with E-state index in [9.17, 15) is 0 Å². The maximum Gasteiger partial charge on any atom is 0.122 e.